The van der Waals surface area contributed by atoms with Crippen LogP contribution >= 0.6 is 24.0 Å². The monoisotopic (exact) mass is 481 g/mol. The van der Waals surface area contributed by atoms with Crippen LogP contribution in [0.5, 0.6) is 11.5 Å². The minimum Gasteiger partial charge on any atom is -0.496 e. The van der Waals surface area contributed by atoms with Crippen LogP contribution in [0.2, 0.25) is 0 Å². The molecule has 146 valence electrons. The molecule has 1 aliphatic heterocycles. The van der Waals surface area contributed by atoms with Crippen molar-refractivity contribution < 1.29 is 9.47 Å². The molecule has 27 heavy (non-hydrogen) atoms. The van der Waals surface area contributed by atoms with Crippen LogP contribution in [0.4, 0.5) is 0 Å². The number of nitrogens with zero attached hydrogens (tertiary/aromatic N) is 2. The molecule has 0 saturated carbocycles. The molecule has 1 N–H and O–H groups in total. The average molecular weight is 481 g/mol. The third-order valence-electron chi connectivity index (χ3n) is 4.76. The van der Waals surface area contributed by atoms with Gasteiger partial charge in [-0.1, -0.05) is 36.4 Å². The topological polar surface area (TPSA) is 46.1 Å². The number of para-hydroxylation sites is 2. The number of benzene rings is 2. The van der Waals surface area contributed by atoms with E-state index in [1.54, 1.807) is 7.11 Å². The zero-order chi connectivity index (χ0) is 18.4. The zero-order valence-corrected chi connectivity index (χ0v) is 18.5. The Hall–Kier alpha value is -1.96. The number of halogens is 1. The summed E-state index contributed by atoms with van der Waals surface area (Å²) in [7, 11) is 5.56. The van der Waals surface area contributed by atoms with Gasteiger partial charge in [0.1, 0.15) is 11.5 Å². The second-order valence-corrected chi connectivity index (χ2v) is 6.47. The van der Waals surface area contributed by atoms with Gasteiger partial charge in [0.25, 0.3) is 0 Å². The lowest BCUT2D eigenvalue weighted by Gasteiger charge is -2.28. The predicted molar refractivity (Wildman–Crippen MR) is 121 cm³/mol. The lowest BCUT2D eigenvalue weighted by atomic mass is 9.93. The average Bonchev–Trinajstić information content (AvgIpc) is 2.69. The van der Waals surface area contributed by atoms with Crippen LogP contribution in [-0.2, 0) is 6.54 Å². The Bertz CT molecular complexity index is 767. The standard InChI is InChI=1S/C21H27N3O2.HI/c1-22-21(24(2)15-17-8-4-6-10-19(17)25-3)23-14-16-12-13-26-20-11-7-5-9-18(16)20;/h4-11,16H,12-15H2,1-3H3,(H,22,23);1H. The van der Waals surface area contributed by atoms with Crippen molar-refractivity contribution in [3.8, 4) is 11.5 Å². The minimum atomic E-state index is 0. The first kappa shape index (κ1) is 21.3. The highest BCUT2D eigenvalue weighted by molar-refractivity contribution is 14.0. The van der Waals surface area contributed by atoms with E-state index in [4.69, 9.17) is 9.47 Å². The Labute approximate surface area is 178 Å². The number of nitrogens with one attached hydrogen (secondary N) is 1. The van der Waals surface area contributed by atoms with E-state index < -0.39 is 0 Å². The summed E-state index contributed by atoms with van der Waals surface area (Å²) in [6.07, 6.45) is 1.01. The summed E-state index contributed by atoms with van der Waals surface area (Å²) in [5.74, 6) is 3.20. The van der Waals surface area contributed by atoms with E-state index >= 15 is 0 Å². The third kappa shape index (κ3) is 5.28. The highest BCUT2D eigenvalue weighted by atomic mass is 127. The van der Waals surface area contributed by atoms with Gasteiger partial charge < -0.3 is 19.7 Å². The van der Waals surface area contributed by atoms with E-state index in [0.717, 1.165) is 49.1 Å². The van der Waals surface area contributed by atoms with Gasteiger partial charge in [-0.2, -0.15) is 0 Å². The van der Waals surface area contributed by atoms with Crippen molar-refractivity contribution in [2.45, 2.75) is 18.9 Å². The third-order valence-corrected chi connectivity index (χ3v) is 4.76. The van der Waals surface area contributed by atoms with Crippen LogP contribution in [0.25, 0.3) is 0 Å². The van der Waals surface area contributed by atoms with E-state index in [9.17, 15) is 0 Å². The van der Waals surface area contributed by atoms with Gasteiger partial charge in [0.05, 0.1) is 13.7 Å². The predicted octanol–water partition coefficient (Wildman–Crippen LogP) is 3.89. The molecular weight excluding hydrogens is 453 g/mol. The van der Waals surface area contributed by atoms with E-state index in [0.29, 0.717) is 5.92 Å². The summed E-state index contributed by atoms with van der Waals surface area (Å²) < 4.78 is 11.2. The van der Waals surface area contributed by atoms with Crippen LogP contribution < -0.4 is 14.8 Å². The number of rotatable bonds is 5. The Balaban J connectivity index is 0.00000261. The largest absolute Gasteiger partial charge is 0.496 e. The second-order valence-electron chi connectivity index (χ2n) is 6.47. The smallest absolute Gasteiger partial charge is 0.193 e. The van der Waals surface area contributed by atoms with Crippen molar-refractivity contribution in [3.63, 3.8) is 0 Å². The van der Waals surface area contributed by atoms with Gasteiger partial charge >= 0.3 is 0 Å². The number of hydrogen-bond donors (Lipinski definition) is 1. The minimum absolute atomic E-state index is 0. The van der Waals surface area contributed by atoms with Gasteiger partial charge in [-0.25, -0.2) is 0 Å². The molecule has 3 rings (SSSR count). The van der Waals surface area contributed by atoms with Crippen molar-refractivity contribution >= 4 is 29.9 Å². The molecule has 6 heteroatoms. The molecule has 2 aromatic carbocycles. The van der Waals surface area contributed by atoms with Crippen LogP contribution in [0.1, 0.15) is 23.5 Å². The highest BCUT2D eigenvalue weighted by Gasteiger charge is 2.21. The molecule has 1 unspecified atom stereocenters. The molecule has 0 saturated heterocycles. The summed E-state index contributed by atoms with van der Waals surface area (Å²) in [6.45, 7) is 2.33. The molecule has 0 fully saturated rings. The van der Waals surface area contributed by atoms with Crippen LogP contribution in [0, 0.1) is 0 Å². The van der Waals surface area contributed by atoms with E-state index in [2.05, 4.69) is 33.4 Å². The van der Waals surface area contributed by atoms with Crippen molar-refractivity contribution in [1.29, 1.82) is 0 Å². The van der Waals surface area contributed by atoms with Gasteiger partial charge in [-0.05, 0) is 24.1 Å². The first-order valence-corrected chi connectivity index (χ1v) is 8.98. The van der Waals surface area contributed by atoms with E-state index in [1.165, 1.54) is 5.56 Å². The molecule has 2 aromatic rings. The maximum absolute atomic E-state index is 5.76. The summed E-state index contributed by atoms with van der Waals surface area (Å²) in [6, 6.07) is 16.4. The van der Waals surface area contributed by atoms with Crippen LogP contribution in [0.3, 0.4) is 0 Å². The normalized spacial score (nSPS) is 15.8. The molecule has 5 nitrogen and oxygen atoms in total. The van der Waals surface area contributed by atoms with E-state index in [1.807, 2.05) is 44.4 Å². The molecule has 1 aliphatic rings. The summed E-state index contributed by atoms with van der Waals surface area (Å²) in [5.41, 5.74) is 2.41. The van der Waals surface area contributed by atoms with Crippen LogP contribution in [-0.4, -0.2) is 45.2 Å². The lowest BCUT2D eigenvalue weighted by molar-refractivity contribution is 0.266. The number of ether oxygens (including phenoxy) is 2. The first-order valence-electron chi connectivity index (χ1n) is 8.98. The van der Waals surface area contributed by atoms with Crippen molar-refractivity contribution in [2.24, 2.45) is 4.99 Å². The molecule has 0 aromatic heterocycles. The molecule has 0 aliphatic carbocycles. The van der Waals surface area contributed by atoms with Gasteiger partial charge in [0.2, 0.25) is 0 Å². The summed E-state index contributed by atoms with van der Waals surface area (Å²) in [5, 5.41) is 3.52. The Morgan fingerprint density at radius 2 is 1.96 bits per heavy atom. The summed E-state index contributed by atoms with van der Waals surface area (Å²) in [4.78, 5) is 6.55. The SMILES string of the molecule is CN=C(NCC1CCOc2ccccc21)N(C)Cc1ccccc1OC.I. The second kappa shape index (κ2) is 10.4. The fourth-order valence-corrected chi connectivity index (χ4v) is 3.39. The molecular formula is C21H28IN3O2. The maximum atomic E-state index is 5.76. The van der Waals surface area contributed by atoms with Crippen LogP contribution in [0.15, 0.2) is 53.5 Å². The van der Waals surface area contributed by atoms with Crippen molar-refractivity contribution in [1.82, 2.24) is 10.2 Å². The molecule has 0 radical (unpaired) electrons. The number of fused-ring (bicyclic) bond motifs is 1. The van der Waals surface area contributed by atoms with Gasteiger partial charge in [0.15, 0.2) is 5.96 Å². The quantitative estimate of drug-likeness (QED) is 0.400. The fourth-order valence-electron chi connectivity index (χ4n) is 3.39. The van der Waals surface area contributed by atoms with Crippen molar-refractivity contribution in [3.05, 3.63) is 59.7 Å². The van der Waals surface area contributed by atoms with Crippen molar-refractivity contribution in [2.75, 3.05) is 34.4 Å². The number of aliphatic imine (C=N–C) groups is 1. The maximum Gasteiger partial charge on any atom is 0.193 e. The van der Waals surface area contributed by atoms with Gasteiger partial charge in [-0.15, -0.1) is 24.0 Å². The number of guanidine groups is 1. The fraction of sp³-hybridized carbons (Fsp3) is 0.381. The molecule has 0 spiro atoms. The summed E-state index contributed by atoms with van der Waals surface area (Å²) >= 11 is 0. The zero-order valence-electron chi connectivity index (χ0n) is 16.1. The first-order chi connectivity index (χ1) is 12.7. The Morgan fingerprint density at radius 1 is 1.22 bits per heavy atom. The molecule has 1 atom stereocenters. The van der Waals surface area contributed by atoms with E-state index in [-0.39, 0.29) is 24.0 Å². The number of methoxy groups -OCH3 is 1. The van der Waals surface area contributed by atoms with Gasteiger partial charge in [0, 0.05) is 38.7 Å². The lowest BCUT2D eigenvalue weighted by Crippen LogP contribution is -2.41. The molecule has 1 heterocycles. The highest BCUT2D eigenvalue weighted by Crippen LogP contribution is 2.32. The number of hydrogen-bond acceptors (Lipinski definition) is 3. The Kier molecular flexibility index (Phi) is 8.22. The Morgan fingerprint density at radius 3 is 2.74 bits per heavy atom. The molecule has 0 amide bonds. The van der Waals surface area contributed by atoms with Gasteiger partial charge in [-0.3, -0.25) is 4.99 Å². The molecule has 0 bridgehead atoms.